The molecule has 29 heavy (non-hydrogen) atoms. The molecule has 1 aromatic carbocycles. The Kier molecular flexibility index (Phi) is 4.53. The van der Waals surface area contributed by atoms with Gasteiger partial charge >= 0.3 is 0 Å². The Balaban J connectivity index is 1.73. The van der Waals surface area contributed by atoms with Gasteiger partial charge in [0.2, 0.25) is 0 Å². The maximum atomic E-state index is 4.89. The van der Waals surface area contributed by atoms with Crippen LogP contribution in [0.1, 0.15) is 25.3 Å². The molecular weight excluding hydrogens is 356 g/mol. The molecule has 0 radical (unpaired) electrons. The lowest BCUT2D eigenvalue weighted by Crippen LogP contribution is -1.91. The number of pyridine rings is 3. The summed E-state index contributed by atoms with van der Waals surface area (Å²) < 4.78 is 1.94. The molecule has 0 aliphatic rings. The molecule has 0 fully saturated rings. The summed E-state index contributed by atoms with van der Waals surface area (Å²) in [7, 11) is 0. The first-order valence-corrected chi connectivity index (χ1v) is 10.1. The van der Waals surface area contributed by atoms with E-state index in [1.54, 1.807) is 0 Å². The number of unbranched alkanes of at least 4 members (excludes halogenated alkanes) is 1. The van der Waals surface area contributed by atoms with E-state index in [0.29, 0.717) is 0 Å². The predicted octanol–water partition coefficient (Wildman–Crippen LogP) is 5.95. The van der Waals surface area contributed by atoms with Crippen molar-refractivity contribution < 1.29 is 0 Å². The quantitative estimate of drug-likeness (QED) is 0.379. The summed E-state index contributed by atoms with van der Waals surface area (Å²) in [6.45, 7) is 2.21. The van der Waals surface area contributed by atoms with Crippen LogP contribution in [0.25, 0.3) is 38.9 Å². The van der Waals surface area contributed by atoms with Crippen LogP contribution in [0.3, 0.4) is 0 Å². The van der Waals surface area contributed by atoms with E-state index in [0.717, 1.165) is 45.4 Å². The van der Waals surface area contributed by atoms with Crippen molar-refractivity contribution in [1.82, 2.24) is 19.6 Å². The molecule has 0 saturated carbocycles. The van der Waals surface area contributed by atoms with Gasteiger partial charge in [0.15, 0.2) is 0 Å². The van der Waals surface area contributed by atoms with Crippen LogP contribution in [-0.2, 0) is 6.42 Å². The van der Waals surface area contributed by atoms with Gasteiger partial charge in [0.05, 0.1) is 16.7 Å². The lowest BCUT2D eigenvalue weighted by molar-refractivity contribution is 0.792. The van der Waals surface area contributed by atoms with E-state index < -0.39 is 0 Å². The van der Waals surface area contributed by atoms with Crippen molar-refractivity contribution in [2.45, 2.75) is 26.2 Å². The van der Waals surface area contributed by atoms with Gasteiger partial charge in [0.1, 0.15) is 5.69 Å². The number of aryl methyl sites for hydroxylation is 1. The molecule has 0 aliphatic heterocycles. The summed E-state index contributed by atoms with van der Waals surface area (Å²) in [6.07, 6.45) is 9.29. The van der Waals surface area contributed by atoms with Crippen LogP contribution in [0, 0.1) is 0 Å². The minimum Gasteiger partial charge on any atom is -0.256 e. The Bertz CT molecular complexity index is 1280. The van der Waals surface area contributed by atoms with Crippen LogP contribution in [0.4, 0.5) is 0 Å². The fourth-order valence-electron chi connectivity index (χ4n) is 3.85. The summed E-state index contributed by atoms with van der Waals surface area (Å²) in [5, 5.41) is 6.01. The van der Waals surface area contributed by atoms with Crippen LogP contribution in [-0.4, -0.2) is 19.6 Å². The molecule has 5 rings (SSSR count). The number of aromatic nitrogens is 4. The number of nitrogens with zero attached hydrogens (tertiary/aromatic N) is 4. The number of para-hydroxylation sites is 1. The summed E-state index contributed by atoms with van der Waals surface area (Å²) in [6, 6.07) is 20.7. The number of hydrogen-bond donors (Lipinski definition) is 0. The maximum absolute atomic E-state index is 4.89. The first-order chi connectivity index (χ1) is 14.3. The Morgan fingerprint density at radius 2 is 1.79 bits per heavy atom. The van der Waals surface area contributed by atoms with Crippen LogP contribution < -0.4 is 0 Å². The third-order valence-corrected chi connectivity index (χ3v) is 5.34. The van der Waals surface area contributed by atoms with E-state index in [2.05, 4.69) is 54.4 Å². The highest BCUT2D eigenvalue weighted by atomic mass is 15.2. The molecule has 0 saturated heterocycles. The molecule has 5 aromatic rings. The van der Waals surface area contributed by atoms with E-state index in [4.69, 9.17) is 10.1 Å². The van der Waals surface area contributed by atoms with Crippen molar-refractivity contribution in [3.05, 3.63) is 84.8 Å². The van der Waals surface area contributed by atoms with Crippen molar-refractivity contribution in [3.63, 3.8) is 0 Å². The second-order valence-corrected chi connectivity index (χ2v) is 7.28. The molecule has 0 aliphatic carbocycles. The van der Waals surface area contributed by atoms with Gasteiger partial charge in [-0.05, 0) is 54.3 Å². The van der Waals surface area contributed by atoms with Crippen molar-refractivity contribution in [2.75, 3.05) is 0 Å². The normalized spacial score (nSPS) is 11.3. The van der Waals surface area contributed by atoms with Gasteiger partial charge in [-0.1, -0.05) is 43.7 Å². The third kappa shape index (κ3) is 3.17. The van der Waals surface area contributed by atoms with Crippen LogP contribution >= 0.6 is 0 Å². The highest BCUT2D eigenvalue weighted by molar-refractivity contribution is 6.03. The van der Waals surface area contributed by atoms with Gasteiger partial charge < -0.3 is 0 Å². The third-order valence-electron chi connectivity index (χ3n) is 5.34. The van der Waals surface area contributed by atoms with Crippen LogP contribution in [0.2, 0.25) is 0 Å². The van der Waals surface area contributed by atoms with Crippen molar-refractivity contribution in [3.8, 4) is 22.5 Å². The van der Waals surface area contributed by atoms with E-state index in [1.807, 2.05) is 41.3 Å². The molecule has 4 heterocycles. The van der Waals surface area contributed by atoms with E-state index in [-0.39, 0.29) is 0 Å². The van der Waals surface area contributed by atoms with Gasteiger partial charge in [-0.2, -0.15) is 5.10 Å². The van der Waals surface area contributed by atoms with Crippen LogP contribution in [0.5, 0.6) is 0 Å². The lowest BCUT2D eigenvalue weighted by Gasteiger charge is -2.08. The smallest absolute Gasteiger partial charge is 0.120 e. The minimum absolute atomic E-state index is 0.893. The fourth-order valence-corrected chi connectivity index (χ4v) is 3.85. The fraction of sp³-hybridized carbons (Fsp3) is 0.160. The number of rotatable bonds is 5. The van der Waals surface area contributed by atoms with Crippen molar-refractivity contribution in [1.29, 1.82) is 0 Å². The number of fused-ring (bicyclic) bond motifs is 2. The summed E-state index contributed by atoms with van der Waals surface area (Å²) >= 11 is 0. The second-order valence-electron chi connectivity index (χ2n) is 7.28. The van der Waals surface area contributed by atoms with Gasteiger partial charge in [-0.3, -0.25) is 9.97 Å². The predicted molar refractivity (Wildman–Crippen MR) is 118 cm³/mol. The minimum atomic E-state index is 0.893. The zero-order chi connectivity index (χ0) is 19.6. The topological polar surface area (TPSA) is 43.1 Å². The Hall–Kier alpha value is -3.53. The average molecular weight is 378 g/mol. The molecule has 142 valence electrons. The zero-order valence-electron chi connectivity index (χ0n) is 16.4. The largest absolute Gasteiger partial charge is 0.256 e. The second kappa shape index (κ2) is 7.47. The summed E-state index contributed by atoms with van der Waals surface area (Å²) in [4.78, 5) is 9.30. The van der Waals surface area contributed by atoms with Crippen LogP contribution in [0.15, 0.2) is 79.3 Å². The molecular formula is C25H22N4. The number of benzene rings is 1. The van der Waals surface area contributed by atoms with Gasteiger partial charge in [0.25, 0.3) is 0 Å². The molecule has 0 unspecified atom stereocenters. The highest BCUT2D eigenvalue weighted by Crippen LogP contribution is 2.37. The van der Waals surface area contributed by atoms with E-state index >= 15 is 0 Å². The van der Waals surface area contributed by atoms with Gasteiger partial charge in [-0.15, -0.1) is 0 Å². The molecule has 4 aromatic heterocycles. The summed E-state index contributed by atoms with van der Waals surface area (Å²) in [5.41, 5.74) is 7.33. The lowest BCUT2D eigenvalue weighted by atomic mass is 9.98. The first kappa shape index (κ1) is 17.6. The summed E-state index contributed by atoms with van der Waals surface area (Å²) in [5.74, 6) is 0. The molecule has 0 atom stereocenters. The Morgan fingerprint density at radius 3 is 2.66 bits per heavy atom. The Labute approximate surface area is 169 Å². The molecule has 0 N–H and O–H groups in total. The van der Waals surface area contributed by atoms with Gasteiger partial charge in [0, 0.05) is 29.5 Å². The maximum Gasteiger partial charge on any atom is 0.120 e. The monoisotopic (exact) mass is 378 g/mol. The molecule has 0 spiro atoms. The SMILES string of the molecule is CCCCc1ccc(-c2nn3ccccc3c2-c2ccnc3ccccc23)nc1. The number of hydrogen-bond acceptors (Lipinski definition) is 3. The molecule has 4 nitrogen and oxygen atoms in total. The van der Waals surface area contributed by atoms with Crippen molar-refractivity contribution >= 4 is 16.4 Å². The standard InChI is InChI=1S/C25H22N4/c1-2-3-8-18-12-13-22(27-17-18)25-24(23-11-6-7-16-29(23)28-25)20-14-15-26-21-10-5-4-9-19(20)21/h4-7,9-17H,2-3,8H2,1H3. The molecule has 0 amide bonds. The highest BCUT2D eigenvalue weighted by Gasteiger charge is 2.19. The Morgan fingerprint density at radius 1 is 0.897 bits per heavy atom. The van der Waals surface area contributed by atoms with E-state index in [9.17, 15) is 0 Å². The van der Waals surface area contributed by atoms with Gasteiger partial charge in [-0.25, -0.2) is 4.52 Å². The zero-order valence-corrected chi connectivity index (χ0v) is 16.4. The molecule has 4 heteroatoms. The average Bonchev–Trinajstić information content (AvgIpc) is 3.17. The first-order valence-electron chi connectivity index (χ1n) is 10.1. The van der Waals surface area contributed by atoms with E-state index in [1.165, 1.54) is 18.4 Å². The van der Waals surface area contributed by atoms with Crippen molar-refractivity contribution in [2.24, 2.45) is 0 Å². The molecule has 0 bridgehead atoms.